The number of hydrogen-bond donors (Lipinski definition) is 1. The summed E-state index contributed by atoms with van der Waals surface area (Å²) in [5.41, 5.74) is -1.36. The molecule has 0 bridgehead atoms. The Kier molecular flexibility index (Phi) is 2.93. The number of nitro groups is 1. The summed E-state index contributed by atoms with van der Waals surface area (Å²) in [6.45, 7) is 0. The number of nitrogens with zero attached hydrogens (tertiary/aromatic N) is 1. The van der Waals surface area contributed by atoms with Gasteiger partial charge in [-0.25, -0.2) is 8.78 Å². The van der Waals surface area contributed by atoms with Crippen molar-refractivity contribution in [3.8, 4) is 0 Å². The molecule has 1 aromatic rings. The fourth-order valence-electron chi connectivity index (χ4n) is 0.980. The van der Waals surface area contributed by atoms with Gasteiger partial charge in [-0.15, -0.1) is 0 Å². The molecule has 1 N–H and O–H groups in total. The van der Waals surface area contributed by atoms with Gasteiger partial charge in [0.05, 0.1) is 16.6 Å². The molecule has 0 aliphatic heterocycles. The highest BCUT2D eigenvalue weighted by atomic mass is 19.2. The van der Waals surface area contributed by atoms with Gasteiger partial charge in [-0.05, 0) is 0 Å². The number of carbonyl (C=O) groups excluding carboxylic acids is 1. The first-order valence-corrected chi connectivity index (χ1v) is 3.83. The summed E-state index contributed by atoms with van der Waals surface area (Å²) >= 11 is 0. The van der Waals surface area contributed by atoms with Crippen LogP contribution in [0.5, 0.6) is 0 Å². The molecule has 0 radical (unpaired) electrons. The van der Waals surface area contributed by atoms with Crippen molar-refractivity contribution in [2.24, 2.45) is 0 Å². The molecule has 0 saturated carbocycles. The Bertz CT molecular complexity index is 434. The zero-order valence-corrected chi connectivity index (χ0v) is 7.58. The van der Waals surface area contributed by atoms with Crippen LogP contribution in [0, 0.1) is 21.7 Å². The Morgan fingerprint density at radius 3 is 2.53 bits per heavy atom. The van der Waals surface area contributed by atoms with Gasteiger partial charge >= 0.3 is 0 Å². The van der Waals surface area contributed by atoms with E-state index >= 15 is 0 Å². The standard InChI is InChI=1S/C8H6F2N2O3/c1-11-8(13)5-2-4(12(14)15)3-6(9)7(5)10/h2-3H,1H3,(H,11,13). The van der Waals surface area contributed by atoms with Crippen molar-refractivity contribution in [3.05, 3.63) is 39.4 Å². The Hall–Kier alpha value is -2.05. The van der Waals surface area contributed by atoms with E-state index in [0.717, 1.165) is 0 Å². The summed E-state index contributed by atoms with van der Waals surface area (Å²) < 4.78 is 25.9. The molecule has 0 spiro atoms. The second-order valence-corrected chi connectivity index (χ2v) is 2.63. The lowest BCUT2D eigenvalue weighted by Gasteiger charge is -2.02. The number of hydrogen-bond acceptors (Lipinski definition) is 3. The van der Waals surface area contributed by atoms with Crippen molar-refractivity contribution in [1.82, 2.24) is 5.32 Å². The van der Waals surface area contributed by atoms with Gasteiger partial charge in [0.25, 0.3) is 11.6 Å². The third kappa shape index (κ3) is 2.06. The fourth-order valence-corrected chi connectivity index (χ4v) is 0.980. The van der Waals surface area contributed by atoms with Crippen LogP contribution >= 0.6 is 0 Å². The number of non-ortho nitro benzene ring substituents is 1. The van der Waals surface area contributed by atoms with Crippen molar-refractivity contribution in [2.45, 2.75) is 0 Å². The van der Waals surface area contributed by atoms with Gasteiger partial charge in [0.15, 0.2) is 11.6 Å². The molecule has 0 atom stereocenters. The maximum Gasteiger partial charge on any atom is 0.273 e. The number of nitrogens with one attached hydrogen (secondary N) is 1. The molecule has 15 heavy (non-hydrogen) atoms. The van der Waals surface area contributed by atoms with Crippen molar-refractivity contribution in [2.75, 3.05) is 7.05 Å². The van der Waals surface area contributed by atoms with E-state index in [9.17, 15) is 23.7 Å². The molecule has 1 rings (SSSR count). The topological polar surface area (TPSA) is 72.2 Å². The van der Waals surface area contributed by atoms with E-state index in [0.29, 0.717) is 12.1 Å². The molecule has 5 nitrogen and oxygen atoms in total. The number of nitro benzene ring substituents is 1. The second-order valence-electron chi connectivity index (χ2n) is 2.63. The minimum atomic E-state index is -1.43. The van der Waals surface area contributed by atoms with E-state index in [2.05, 4.69) is 0 Å². The Labute approximate surface area is 82.9 Å². The van der Waals surface area contributed by atoms with E-state index < -0.39 is 33.7 Å². The monoisotopic (exact) mass is 216 g/mol. The number of amides is 1. The lowest BCUT2D eigenvalue weighted by molar-refractivity contribution is -0.385. The average Bonchev–Trinajstić information content (AvgIpc) is 2.20. The summed E-state index contributed by atoms with van der Waals surface area (Å²) in [6.07, 6.45) is 0. The lowest BCUT2D eigenvalue weighted by Crippen LogP contribution is -2.20. The lowest BCUT2D eigenvalue weighted by atomic mass is 10.1. The molecule has 0 fully saturated rings. The number of rotatable bonds is 2. The normalized spacial score (nSPS) is 9.80. The van der Waals surface area contributed by atoms with Crippen LogP contribution in [0.4, 0.5) is 14.5 Å². The van der Waals surface area contributed by atoms with Crippen molar-refractivity contribution in [3.63, 3.8) is 0 Å². The maximum atomic E-state index is 13.0. The van der Waals surface area contributed by atoms with Crippen LogP contribution in [0.25, 0.3) is 0 Å². The summed E-state index contributed by atoms with van der Waals surface area (Å²) in [5, 5.41) is 12.4. The minimum Gasteiger partial charge on any atom is -0.355 e. The maximum absolute atomic E-state index is 13.0. The molecular weight excluding hydrogens is 210 g/mol. The number of halogens is 2. The third-order valence-corrected chi connectivity index (χ3v) is 1.70. The molecule has 0 heterocycles. The van der Waals surface area contributed by atoms with Crippen LogP contribution < -0.4 is 5.32 Å². The first kappa shape index (κ1) is 11.0. The smallest absolute Gasteiger partial charge is 0.273 e. The zero-order chi connectivity index (χ0) is 11.6. The van der Waals surface area contributed by atoms with E-state index in [1.807, 2.05) is 5.32 Å². The van der Waals surface area contributed by atoms with Crippen LogP contribution in [-0.4, -0.2) is 17.9 Å². The summed E-state index contributed by atoms with van der Waals surface area (Å²) in [7, 11) is 1.21. The highest BCUT2D eigenvalue weighted by Gasteiger charge is 2.20. The molecule has 1 aromatic carbocycles. The predicted molar refractivity (Wildman–Crippen MR) is 46.4 cm³/mol. The second kappa shape index (κ2) is 3.99. The highest BCUT2D eigenvalue weighted by molar-refractivity contribution is 5.94. The molecule has 7 heteroatoms. The highest BCUT2D eigenvalue weighted by Crippen LogP contribution is 2.20. The van der Waals surface area contributed by atoms with Gasteiger partial charge in [-0.3, -0.25) is 14.9 Å². The third-order valence-electron chi connectivity index (χ3n) is 1.70. The molecule has 80 valence electrons. The molecule has 1 amide bonds. The SMILES string of the molecule is CNC(=O)c1cc([N+](=O)[O-])cc(F)c1F. The summed E-state index contributed by atoms with van der Waals surface area (Å²) in [6, 6.07) is 1.10. The molecule has 0 aliphatic carbocycles. The minimum absolute atomic E-state index is 0.418. The van der Waals surface area contributed by atoms with Gasteiger partial charge < -0.3 is 5.32 Å². The van der Waals surface area contributed by atoms with Crippen LogP contribution in [0.3, 0.4) is 0 Å². The summed E-state index contributed by atoms with van der Waals surface area (Å²) in [5.74, 6) is -3.75. The van der Waals surface area contributed by atoms with E-state index in [1.165, 1.54) is 7.05 Å². The quantitative estimate of drug-likeness (QED) is 0.597. The van der Waals surface area contributed by atoms with Gasteiger partial charge in [-0.2, -0.15) is 0 Å². The van der Waals surface area contributed by atoms with E-state index in [4.69, 9.17) is 0 Å². The first-order valence-electron chi connectivity index (χ1n) is 3.83. The largest absolute Gasteiger partial charge is 0.355 e. The van der Waals surface area contributed by atoms with E-state index in [1.54, 1.807) is 0 Å². The number of carbonyl (C=O) groups is 1. The zero-order valence-electron chi connectivity index (χ0n) is 7.58. The Morgan fingerprint density at radius 1 is 1.47 bits per heavy atom. The van der Waals surface area contributed by atoms with Gasteiger partial charge in [0.2, 0.25) is 0 Å². The molecule has 0 unspecified atom stereocenters. The van der Waals surface area contributed by atoms with Crippen LogP contribution in [0.15, 0.2) is 12.1 Å². The van der Waals surface area contributed by atoms with Crippen LogP contribution in [0.1, 0.15) is 10.4 Å². The van der Waals surface area contributed by atoms with Gasteiger partial charge in [-0.1, -0.05) is 0 Å². The number of benzene rings is 1. The van der Waals surface area contributed by atoms with Crippen LogP contribution in [0.2, 0.25) is 0 Å². The van der Waals surface area contributed by atoms with Gasteiger partial charge in [0, 0.05) is 13.1 Å². The van der Waals surface area contributed by atoms with Crippen LogP contribution in [-0.2, 0) is 0 Å². The molecule has 0 aliphatic rings. The van der Waals surface area contributed by atoms with Gasteiger partial charge in [0.1, 0.15) is 0 Å². The molecule has 0 aromatic heterocycles. The fraction of sp³-hybridized carbons (Fsp3) is 0.125. The Balaban J connectivity index is 3.37. The summed E-state index contributed by atoms with van der Waals surface area (Å²) in [4.78, 5) is 20.4. The first-order chi connectivity index (χ1) is 6.97. The van der Waals surface area contributed by atoms with Crippen molar-refractivity contribution in [1.29, 1.82) is 0 Å². The molecule has 0 saturated heterocycles. The predicted octanol–water partition coefficient (Wildman–Crippen LogP) is 1.23. The molecular formula is C8H6F2N2O3. The van der Waals surface area contributed by atoms with Crippen molar-refractivity contribution >= 4 is 11.6 Å². The van der Waals surface area contributed by atoms with Crippen molar-refractivity contribution < 1.29 is 18.5 Å². The van der Waals surface area contributed by atoms with E-state index in [-0.39, 0.29) is 0 Å². The Morgan fingerprint density at radius 2 is 2.07 bits per heavy atom. The average molecular weight is 216 g/mol.